The summed E-state index contributed by atoms with van der Waals surface area (Å²) in [7, 11) is -8.04. The highest BCUT2D eigenvalue weighted by atomic mass is 32.2. The van der Waals surface area contributed by atoms with Crippen LogP contribution in [-0.4, -0.2) is 40.2 Å². The normalized spacial score (nSPS) is 12.3. The van der Waals surface area contributed by atoms with E-state index in [0.717, 1.165) is 0 Å². The van der Waals surface area contributed by atoms with Crippen molar-refractivity contribution >= 4 is 32.6 Å². The monoisotopic (exact) mass is 392 g/mol. The molecule has 0 aromatic carbocycles. The minimum atomic E-state index is -4.02. The third-order valence-electron chi connectivity index (χ3n) is 1.25. The second-order valence-electron chi connectivity index (χ2n) is 6.30. The Hall–Kier alpha value is -1.64. The molecule has 6 N–H and O–H groups in total. The van der Waals surface area contributed by atoms with Gasteiger partial charge in [0.2, 0.25) is 0 Å². The molecule has 2 amide bonds. The van der Waals surface area contributed by atoms with Crippen molar-refractivity contribution in [1.82, 2.24) is 9.44 Å². The Morgan fingerprint density at radius 3 is 1.04 bits per heavy atom. The van der Waals surface area contributed by atoms with Gasteiger partial charge in [-0.05, 0) is 41.5 Å². The van der Waals surface area contributed by atoms with Crippen molar-refractivity contribution in [3.8, 4) is 0 Å². The van der Waals surface area contributed by atoms with E-state index in [2.05, 4.69) is 19.8 Å². The van der Waals surface area contributed by atoms with Gasteiger partial charge in [-0.3, -0.25) is 0 Å². The van der Waals surface area contributed by atoms with Gasteiger partial charge >= 0.3 is 32.6 Å². The zero-order valence-electron chi connectivity index (χ0n) is 14.2. The molecular weight excluding hydrogens is 368 g/mol. The molecule has 0 aliphatic rings. The van der Waals surface area contributed by atoms with E-state index >= 15 is 0 Å². The zero-order valence-corrected chi connectivity index (χ0v) is 15.9. The van der Waals surface area contributed by atoms with Crippen molar-refractivity contribution in [2.75, 3.05) is 0 Å². The summed E-state index contributed by atoms with van der Waals surface area (Å²) in [6.45, 7) is 9.64. The van der Waals surface area contributed by atoms with Crippen LogP contribution in [0.3, 0.4) is 0 Å². The van der Waals surface area contributed by atoms with Crippen LogP contribution in [-0.2, 0) is 29.9 Å². The Morgan fingerprint density at radius 2 is 0.917 bits per heavy atom. The number of ether oxygens (including phenoxy) is 2. The smallest absolute Gasteiger partial charge is 0.422 e. The first-order chi connectivity index (χ1) is 10.2. The molecule has 0 radical (unpaired) electrons. The average molecular weight is 392 g/mol. The lowest BCUT2D eigenvalue weighted by Gasteiger charge is -2.18. The number of hydrogen-bond donors (Lipinski definition) is 4. The molecule has 0 spiro atoms. The molecule has 0 atom stereocenters. The van der Waals surface area contributed by atoms with Gasteiger partial charge in [-0.1, -0.05) is 0 Å². The summed E-state index contributed by atoms with van der Waals surface area (Å²) in [5.74, 6) is 0. The number of hydrogen-bond acceptors (Lipinski definition) is 8. The summed E-state index contributed by atoms with van der Waals surface area (Å²) >= 11 is 0. The molecule has 144 valence electrons. The van der Waals surface area contributed by atoms with Gasteiger partial charge in [-0.2, -0.15) is 16.8 Å². The molecule has 0 saturated carbocycles. The fourth-order valence-corrected chi connectivity index (χ4v) is 1.38. The summed E-state index contributed by atoms with van der Waals surface area (Å²) in [4.78, 5) is 21.4. The molecular formula is C10H24N4O8S2. The van der Waals surface area contributed by atoms with E-state index in [4.69, 9.17) is 0 Å². The fraction of sp³-hybridized carbons (Fsp3) is 0.800. The second-order valence-corrected chi connectivity index (χ2v) is 8.89. The molecule has 24 heavy (non-hydrogen) atoms. The maximum absolute atomic E-state index is 10.7. The van der Waals surface area contributed by atoms with Gasteiger partial charge in [0.05, 0.1) is 0 Å². The number of rotatable bonds is 2. The number of carbonyl (C=O) groups is 2. The maximum atomic E-state index is 10.7. The first-order valence-electron chi connectivity index (χ1n) is 6.27. The summed E-state index contributed by atoms with van der Waals surface area (Å²) in [5.41, 5.74) is -1.48. The first-order valence-corrected chi connectivity index (χ1v) is 9.36. The third kappa shape index (κ3) is 22.6. The SMILES string of the molecule is CC(C)(C)OC(=O)NS(N)(=O)=O.CC(C)(C)OC(=O)NS(N)(=O)=O. The van der Waals surface area contributed by atoms with E-state index in [0.29, 0.717) is 0 Å². The molecule has 0 fully saturated rings. The molecule has 0 heterocycles. The van der Waals surface area contributed by atoms with Crippen molar-refractivity contribution in [3.05, 3.63) is 0 Å². The van der Waals surface area contributed by atoms with Crippen molar-refractivity contribution < 1.29 is 35.9 Å². The number of nitrogens with one attached hydrogen (secondary N) is 2. The Kier molecular flexibility index (Phi) is 8.67. The molecule has 0 aliphatic carbocycles. The molecule has 14 heteroatoms. The van der Waals surface area contributed by atoms with Gasteiger partial charge in [0, 0.05) is 0 Å². The van der Waals surface area contributed by atoms with Crippen LogP contribution in [0.5, 0.6) is 0 Å². The minimum absolute atomic E-state index is 0.741. The van der Waals surface area contributed by atoms with E-state index in [1.54, 1.807) is 41.5 Å². The molecule has 0 aromatic rings. The maximum Gasteiger partial charge on any atom is 0.422 e. The van der Waals surface area contributed by atoms with Gasteiger partial charge in [-0.15, -0.1) is 0 Å². The van der Waals surface area contributed by atoms with Crippen molar-refractivity contribution in [2.24, 2.45) is 10.3 Å². The van der Waals surface area contributed by atoms with Crippen LogP contribution in [0.4, 0.5) is 9.59 Å². The van der Waals surface area contributed by atoms with Crippen LogP contribution in [0, 0.1) is 0 Å². The van der Waals surface area contributed by atoms with E-state index in [9.17, 15) is 26.4 Å². The van der Waals surface area contributed by atoms with Crippen LogP contribution in [0.15, 0.2) is 0 Å². The van der Waals surface area contributed by atoms with Crippen LogP contribution in [0.2, 0.25) is 0 Å². The summed E-state index contributed by atoms with van der Waals surface area (Å²) in [6.07, 6.45) is -2.16. The fourth-order valence-electron chi connectivity index (χ4n) is 0.830. The second kappa shape index (κ2) is 8.46. The predicted molar refractivity (Wildman–Crippen MR) is 85.0 cm³/mol. The number of carbonyl (C=O) groups excluding carboxylic acids is 2. The number of nitrogens with two attached hydrogens (primary N) is 2. The lowest BCUT2D eigenvalue weighted by molar-refractivity contribution is 0.0557. The minimum Gasteiger partial charge on any atom is -0.443 e. The molecule has 0 rings (SSSR count). The van der Waals surface area contributed by atoms with E-state index in [1.165, 1.54) is 9.44 Å². The lowest BCUT2D eigenvalue weighted by atomic mass is 10.2. The standard InChI is InChI=1S/2C5H12N2O4S/c2*1-5(2,3)11-4(8)7-12(6,9)10/h2*1-3H3,(H,7,8)(H2,6,9,10). The Morgan fingerprint density at radius 1 is 0.708 bits per heavy atom. The molecule has 12 nitrogen and oxygen atoms in total. The highest BCUT2D eigenvalue weighted by Crippen LogP contribution is 2.06. The Balaban J connectivity index is 0. The van der Waals surface area contributed by atoms with E-state index < -0.39 is 43.8 Å². The summed E-state index contributed by atoms with van der Waals surface area (Å²) < 4.78 is 53.3. The lowest BCUT2D eigenvalue weighted by Crippen LogP contribution is -2.39. The Bertz CT molecular complexity index is 585. The first kappa shape index (κ1) is 24.6. The average Bonchev–Trinajstić information content (AvgIpc) is 2.02. The van der Waals surface area contributed by atoms with Crippen LogP contribution < -0.4 is 19.7 Å². The quantitative estimate of drug-likeness (QED) is 0.479. The third-order valence-corrected chi connectivity index (χ3v) is 2.15. The molecule has 0 aliphatic heterocycles. The molecule has 0 aromatic heterocycles. The highest BCUT2D eigenvalue weighted by molar-refractivity contribution is 7.88. The summed E-state index contributed by atoms with van der Waals surface area (Å²) in [6, 6.07) is 0. The van der Waals surface area contributed by atoms with Crippen molar-refractivity contribution in [3.63, 3.8) is 0 Å². The topological polar surface area (TPSA) is 197 Å². The zero-order chi connectivity index (χ0) is 20.0. The highest BCUT2D eigenvalue weighted by Gasteiger charge is 2.19. The van der Waals surface area contributed by atoms with Gasteiger partial charge in [-0.25, -0.2) is 29.3 Å². The number of amides is 2. The van der Waals surface area contributed by atoms with E-state index in [1.807, 2.05) is 0 Å². The van der Waals surface area contributed by atoms with Crippen molar-refractivity contribution in [1.29, 1.82) is 0 Å². The predicted octanol–water partition coefficient (Wildman–Crippen LogP) is -0.571. The van der Waals surface area contributed by atoms with Gasteiger partial charge in [0.15, 0.2) is 0 Å². The summed E-state index contributed by atoms with van der Waals surface area (Å²) in [5, 5.41) is 9.03. The van der Waals surface area contributed by atoms with Crippen LogP contribution in [0.1, 0.15) is 41.5 Å². The molecule has 0 unspecified atom stereocenters. The van der Waals surface area contributed by atoms with Gasteiger partial charge < -0.3 is 9.47 Å². The van der Waals surface area contributed by atoms with Gasteiger partial charge in [0.1, 0.15) is 11.2 Å². The largest absolute Gasteiger partial charge is 0.443 e. The molecule has 0 bridgehead atoms. The molecule has 0 saturated heterocycles. The van der Waals surface area contributed by atoms with Gasteiger partial charge in [0.25, 0.3) is 0 Å². The van der Waals surface area contributed by atoms with Crippen molar-refractivity contribution in [2.45, 2.75) is 52.7 Å². The van der Waals surface area contributed by atoms with E-state index in [-0.39, 0.29) is 0 Å². The van der Waals surface area contributed by atoms with Crippen LogP contribution >= 0.6 is 0 Å². The Labute approximate surface area is 141 Å². The van der Waals surface area contributed by atoms with Crippen LogP contribution in [0.25, 0.3) is 0 Å².